The van der Waals surface area contributed by atoms with Gasteiger partial charge in [-0.25, -0.2) is 13.8 Å². The molecule has 5 aliphatic rings. The number of nitrogens with zero attached hydrogens (tertiary/aromatic N) is 5. The number of nitrogens with one attached hydrogen (secondary N) is 1. The van der Waals surface area contributed by atoms with E-state index >= 15 is 4.39 Å². The number of anilines is 1. The van der Waals surface area contributed by atoms with Crippen LogP contribution in [0.3, 0.4) is 0 Å². The van der Waals surface area contributed by atoms with Gasteiger partial charge in [-0.3, -0.25) is 4.90 Å². The molecule has 2 N–H and O–H groups in total. The van der Waals surface area contributed by atoms with Gasteiger partial charge in [0.2, 0.25) is 5.88 Å². The highest BCUT2D eigenvalue weighted by Crippen LogP contribution is 2.45. The van der Waals surface area contributed by atoms with E-state index in [-0.39, 0.29) is 53.6 Å². The van der Waals surface area contributed by atoms with Gasteiger partial charge in [-0.1, -0.05) is 18.1 Å². The van der Waals surface area contributed by atoms with Crippen LogP contribution in [0, 0.1) is 18.2 Å². The first-order chi connectivity index (χ1) is 21.9. The summed E-state index contributed by atoms with van der Waals surface area (Å²) in [5.41, 5.74) is 0.457. The molecule has 45 heavy (non-hydrogen) atoms. The van der Waals surface area contributed by atoms with Crippen LogP contribution in [0.4, 0.5) is 14.6 Å². The van der Waals surface area contributed by atoms with E-state index in [4.69, 9.17) is 25.9 Å². The van der Waals surface area contributed by atoms with Gasteiger partial charge in [0.25, 0.3) is 0 Å². The molecule has 2 aromatic carbocycles. The molecule has 4 fully saturated rings. The van der Waals surface area contributed by atoms with Gasteiger partial charge in [-0.15, -0.1) is 6.42 Å². The first-order valence-electron chi connectivity index (χ1n) is 15.7. The van der Waals surface area contributed by atoms with Crippen molar-refractivity contribution in [2.45, 2.75) is 61.9 Å². The number of terminal acetylenes is 1. The fraction of sp³-hybridized carbons (Fsp3) is 0.441. The molecule has 7 heterocycles. The van der Waals surface area contributed by atoms with Gasteiger partial charge < -0.3 is 24.8 Å². The van der Waals surface area contributed by atoms with Crippen LogP contribution in [0.15, 0.2) is 30.3 Å². The summed E-state index contributed by atoms with van der Waals surface area (Å²) in [5.74, 6) is 2.70. The Labute approximate surface area is 258 Å². The van der Waals surface area contributed by atoms with Crippen LogP contribution in [-0.4, -0.2) is 87.6 Å². The number of rotatable bonds is 4. The van der Waals surface area contributed by atoms with Crippen molar-refractivity contribution in [1.82, 2.24) is 25.2 Å². The van der Waals surface area contributed by atoms with E-state index in [0.717, 1.165) is 32.2 Å². The lowest BCUT2D eigenvalue weighted by molar-refractivity contribution is 0.107. The maximum atomic E-state index is 17.0. The SMILES string of the molecule is C#Cc1cccc2cc(O)cc(-c3nc4c5c(nc(OC[C@@]67CCCN6C[C@@H](F)C7)nc5c3F)N3C[C@H]5CC[C@H](N5)[C@@H]3CO4)c12. The van der Waals surface area contributed by atoms with Crippen LogP contribution < -0.4 is 19.7 Å². The number of aromatic nitrogens is 3. The highest BCUT2D eigenvalue weighted by atomic mass is 19.1. The number of alkyl halides is 1. The largest absolute Gasteiger partial charge is 0.508 e. The second-order valence-corrected chi connectivity index (χ2v) is 13.1. The summed E-state index contributed by atoms with van der Waals surface area (Å²) in [6, 6.07) is 8.91. The molecule has 4 saturated heterocycles. The Balaban J connectivity index is 1.24. The van der Waals surface area contributed by atoms with Crippen molar-refractivity contribution in [2.24, 2.45) is 0 Å². The average Bonchev–Trinajstić information content (AvgIpc) is 3.67. The van der Waals surface area contributed by atoms with Crippen molar-refractivity contribution in [2.75, 3.05) is 37.7 Å². The maximum absolute atomic E-state index is 17.0. The van der Waals surface area contributed by atoms with Crippen LogP contribution in [0.1, 0.15) is 37.7 Å². The molecule has 0 saturated carbocycles. The Morgan fingerprint density at radius 3 is 2.98 bits per heavy atom. The van der Waals surface area contributed by atoms with Crippen molar-refractivity contribution in [1.29, 1.82) is 0 Å². The van der Waals surface area contributed by atoms with Gasteiger partial charge in [0.1, 0.15) is 47.5 Å². The summed E-state index contributed by atoms with van der Waals surface area (Å²) in [6.45, 7) is 2.47. The number of ether oxygens (including phenoxy) is 2. The minimum atomic E-state index is -0.899. The molecular weight excluding hydrogens is 578 g/mol. The minimum Gasteiger partial charge on any atom is -0.508 e. The van der Waals surface area contributed by atoms with Crippen molar-refractivity contribution in [3.8, 4) is 41.2 Å². The molecule has 2 bridgehead atoms. The number of pyridine rings is 1. The third-order valence-corrected chi connectivity index (χ3v) is 10.5. The molecule has 0 aliphatic carbocycles. The van der Waals surface area contributed by atoms with Gasteiger partial charge >= 0.3 is 6.01 Å². The third kappa shape index (κ3) is 4.08. The van der Waals surface area contributed by atoms with Crippen LogP contribution >= 0.6 is 0 Å². The number of aromatic hydroxyl groups is 1. The van der Waals surface area contributed by atoms with E-state index in [1.165, 1.54) is 6.07 Å². The summed E-state index contributed by atoms with van der Waals surface area (Å²) in [7, 11) is 0. The molecule has 5 atom stereocenters. The van der Waals surface area contributed by atoms with Crippen molar-refractivity contribution in [3.05, 3.63) is 41.7 Å². The van der Waals surface area contributed by atoms with Gasteiger partial charge in [0.05, 0.1) is 11.6 Å². The summed E-state index contributed by atoms with van der Waals surface area (Å²) in [5, 5.41) is 16.0. The molecule has 4 aromatic rings. The molecule has 0 radical (unpaired) electrons. The highest BCUT2D eigenvalue weighted by molar-refractivity contribution is 6.04. The number of fused-ring (bicyclic) bond motifs is 7. The molecule has 9 rings (SSSR count). The second kappa shape index (κ2) is 9.86. The molecule has 230 valence electrons. The number of halogens is 2. The standard InChI is InChI=1S/C34H32F2N6O3/c1-2-18-5-3-6-19-11-22(43)12-23(26(18)19)29-28(36)30-27-31(42-15-21-7-8-24(37-21)25(42)16-44-32(27)38-29)40-33(39-30)45-17-34-9-4-10-41(34)14-20(35)13-34/h1,3,5-6,11-12,20-21,24-25,37,43H,4,7-10,13-17H2/t20-,21+,24-,25-,34-/m0/s1. The van der Waals surface area contributed by atoms with Crippen molar-refractivity contribution >= 4 is 27.5 Å². The zero-order chi connectivity index (χ0) is 30.4. The molecule has 0 unspecified atom stereocenters. The normalized spacial score (nSPS) is 28.5. The van der Waals surface area contributed by atoms with E-state index in [1.54, 1.807) is 18.2 Å². The number of piperazine rings is 1. The smallest absolute Gasteiger partial charge is 0.319 e. The Morgan fingerprint density at radius 1 is 1.18 bits per heavy atom. The van der Waals surface area contributed by atoms with Crippen molar-refractivity contribution in [3.63, 3.8) is 0 Å². The topological polar surface area (TPSA) is 95.9 Å². The van der Waals surface area contributed by atoms with E-state index in [9.17, 15) is 9.50 Å². The molecule has 9 nitrogen and oxygen atoms in total. The number of phenolic OH excluding ortho intramolecular Hbond substituents is 1. The van der Waals surface area contributed by atoms with Gasteiger partial charge in [-0.05, 0) is 55.8 Å². The van der Waals surface area contributed by atoms with Crippen LogP contribution in [0.2, 0.25) is 0 Å². The van der Waals surface area contributed by atoms with E-state index in [1.807, 2.05) is 6.07 Å². The first kappa shape index (κ1) is 27.1. The Bertz CT molecular complexity index is 1930. The predicted octanol–water partition coefficient (Wildman–Crippen LogP) is 4.33. The zero-order valence-corrected chi connectivity index (χ0v) is 24.6. The second-order valence-electron chi connectivity index (χ2n) is 13.1. The van der Waals surface area contributed by atoms with Crippen LogP contribution in [-0.2, 0) is 0 Å². The summed E-state index contributed by atoms with van der Waals surface area (Å²) in [6.07, 6.45) is 9.21. The van der Waals surface area contributed by atoms with E-state index in [0.29, 0.717) is 59.2 Å². The monoisotopic (exact) mass is 610 g/mol. The summed E-state index contributed by atoms with van der Waals surface area (Å²) in [4.78, 5) is 18.7. The Hall–Kier alpha value is -4.27. The number of hydrogen-bond acceptors (Lipinski definition) is 9. The van der Waals surface area contributed by atoms with Crippen LogP contribution in [0.5, 0.6) is 17.6 Å². The number of phenols is 1. The van der Waals surface area contributed by atoms with Crippen molar-refractivity contribution < 1.29 is 23.4 Å². The fourth-order valence-electron chi connectivity index (χ4n) is 8.53. The Morgan fingerprint density at radius 2 is 2.09 bits per heavy atom. The van der Waals surface area contributed by atoms with Gasteiger partial charge in [-0.2, -0.15) is 9.97 Å². The lowest BCUT2D eigenvalue weighted by Gasteiger charge is -2.40. The van der Waals surface area contributed by atoms with Gasteiger partial charge in [0, 0.05) is 48.1 Å². The molecule has 11 heteroatoms. The first-order valence-corrected chi connectivity index (χ1v) is 15.7. The van der Waals surface area contributed by atoms with E-state index in [2.05, 4.69) is 26.0 Å². The number of hydrogen-bond donors (Lipinski definition) is 2. The molecule has 0 spiro atoms. The number of benzene rings is 2. The molecule has 5 aliphatic heterocycles. The molecule has 2 aromatic heterocycles. The lowest BCUT2D eigenvalue weighted by Crippen LogP contribution is -2.60. The predicted molar refractivity (Wildman–Crippen MR) is 165 cm³/mol. The summed E-state index contributed by atoms with van der Waals surface area (Å²) < 4.78 is 44.2. The maximum Gasteiger partial charge on any atom is 0.319 e. The zero-order valence-electron chi connectivity index (χ0n) is 24.6. The van der Waals surface area contributed by atoms with Crippen LogP contribution in [0.25, 0.3) is 32.9 Å². The lowest BCUT2D eigenvalue weighted by atomic mass is 9.95. The van der Waals surface area contributed by atoms with E-state index < -0.39 is 17.5 Å². The minimum absolute atomic E-state index is 0.0202. The third-order valence-electron chi connectivity index (χ3n) is 10.5. The highest BCUT2D eigenvalue weighted by Gasteiger charge is 2.50. The molecule has 0 amide bonds. The van der Waals surface area contributed by atoms with Gasteiger partial charge in [0.15, 0.2) is 5.82 Å². The summed E-state index contributed by atoms with van der Waals surface area (Å²) >= 11 is 0. The fourth-order valence-corrected chi connectivity index (χ4v) is 8.53. The quantitative estimate of drug-likeness (QED) is 0.328. The Kier molecular flexibility index (Phi) is 5.93. The average molecular weight is 611 g/mol. The molecular formula is C34H32F2N6O3.